The number of amides is 4. The Morgan fingerprint density at radius 1 is 0.890 bits per heavy atom. The van der Waals surface area contributed by atoms with Gasteiger partial charge >= 0.3 is 0 Å². The summed E-state index contributed by atoms with van der Waals surface area (Å²) in [6.07, 6.45) is 5.00. The van der Waals surface area contributed by atoms with Crippen LogP contribution in [0.2, 0.25) is 5.02 Å². The number of carbonyl (C=O) groups is 4. The molecule has 0 radical (unpaired) electrons. The van der Waals surface area contributed by atoms with E-state index >= 15 is 0 Å². The van der Waals surface area contributed by atoms with Gasteiger partial charge in [0.15, 0.2) is 5.82 Å². The first-order chi connectivity index (χ1) is 35.3. The molecular formula is C49H65ClN12O10S. The van der Waals surface area contributed by atoms with E-state index in [1.807, 2.05) is 19.1 Å². The van der Waals surface area contributed by atoms with Gasteiger partial charge in [-0.25, -0.2) is 14.6 Å². The first kappa shape index (κ1) is 53.6. The number of rotatable bonds is 21. The van der Waals surface area contributed by atoms with Crippen LogP contribution in [0.1, 0.15) is 57.9 Å². The van der Waals surface area contributed by atoms with E-state index in [1.54, 1.807) is 46.5 Å². The highest BCUT2D eigenvalue weighted by molar-refractivity contribution is 7.99. The lowest BCUT2D eigenvalue weighted by molar-refractivity contribution is -0.140. The molecule has 1 spiro atoms. The van der Waals surface area contributed by atoms with Crippen molar-refractivity contribution in [2.75, 3.05) is 113 Å². The number of nitrogens with two attached hydrogens (primary N) is 2. The molecule has 4 saturated heterocycles. The average Bonchev–Trinajstić information content (AvgIpc) is 3.66. The molecule has 2 aromatic heterocycles. The van der Waals surface area contributed by atoms with Crippen molar-refractivity contribution in [2.45, 2.75) is 86.2 Å². The molecule has 4 atom stereocenters. The van der Waals surface area contributed by atoms with Crippen LogP contribution in [0.3, 0.4) is 0 Å². The topological polar surface area (TPSA) is 284 Å². The van der Waals surface area contributed by atoms with Gasteiger partial charge in [0, 0.05) is 86.1 Å². The summed E-state index contributed by atoms with van der Waals surface area (Å²) in [7, 11) is 0. The fourth-order valence-electron chi connectivity index (χ4n) is 9.56. The summed E-state index contributed by atoms with van der Waals surface area (Å²) < 4.78 is 23.9. The van der Waals surface area contributed by atoms with E-state index in [2.05, 4.69) is 35.9 Å². The van der Waals surface area contributed by atoms with Gasteiger partial charge in [0.05, 0.1) is 87.3 Å². The van der Waals surface area contributed by atoms with Crippen molar-refractivity contribution >= 4 is 80.8 Å². The van der Waals surface area contributed by atoms with E-state index in [0.29, 0.717) is 128 Å². The Morgan fingerprint density at radius 3 is 2.25 bits per heavy atom. The average molecular weight is 1050 g/mol. The highest BCUT2D eigenvalue weighted by Gasteiger charge is 2.47. The number of fused-ring (bicyclic) bond motifs is 1. The number of aromatic nitrogens is 4. The van der Waals surface area contributed by atoms with Gasteiger partial charge < -0.3 is 66.2 Å². The number of nitrogen functional groups attached to an aromatic ring is 1. The first-order valence-corrected chi connectivity index (χ1v) is 26.0. The summed E-state index contributed by atoms with van der Waals surface area (Å²) in [5, 5.41) is 24.3. The molecule has 394 valence electrons. The maximum Gasteiger partial charge on any atom is 0.277 e. The van der Waals surface area contributed by atoms with Crippen molar-refractivity contribution in [1.29, 1.82) is 0 Å². The molecule has 2 unspecified atom stereocenters. The quantitative estimate of drug-likeness (QED) is 0.0654. The van der Waals surface area contributed by atoms with Gasteiger partial charge in [0.2, 0.25) is 23.6 Å². The standard InChI is InChI=1S/C49H65ClN12O10S/c1-31-44(51)49(30-72-31)13-16-59(17-14-49)37-29-54-47(45(52)57-37)73-36-7-3-6-34(43(36)50)56-38(63)10-11-40(65)60-18-20-61(21-19-60)41(66)12-22-69-24-26-71-27-25-70-23-15-53-33-5-2-4-32-28-55-62(48(68)42(32)33)35-8-9-39(64)58-46(35)67/h2-7,28-29,31,35,39,44,53,64H,8-27,30,51H2,1H3,(H2,52,57)(H,56,63)(H,58,67)/t31-,35?,39?,44+/m0/s1. The maximum atomic E-state index is 13.4. The monoisotopic (exact) mass is 1050 g/mol. The largest absolute Gasteiger partial charge is 0.382 e. The molecule has 22 nitrogen and oxygen atoms in total. The van der Waals surface area contributed by atoms with E-state index in [9.17, 15) is 29.1 Å². The smallest absolute Gasteiger partial charge is 0.277 e. The second-order valence-electron chi connectivity index (χ2n) is 18.6. The molecule has 6 heterocycles. The third kappa shape index (κ3) is 13.4. The van der Waals surface area contributed by atoms with Crippen LogP contribution in [0.5, 0.6) is 0 Å². The van der Waals surface area contributed by atoms with Gasteiger partial charge in [-0.2, -0.15) is 5.10 Å². The van der Waals surface area contributed by atoms with Crippen LogP contribution in [0.15, 0.2) is 63.5 Å². The number of hydrogen-bond acceptors (Lipinski definition) is 18. The van der Waals surface area contributed by atoms with Crippen molar-refractivity contribution in [3.8, 4) is 0 Å². The normalized spacial score (nSPS) is 20.9. The zero-order chi connectivity index (χ0) is 51.5. The van der Waals surface area contributed by atoms with Gasteiger partial charge in [-0.3, -0.25) is 24.0 Å². The fraction of sp³-hybridized carbons (Fsp3) is 0.551. The van der Waals surface area contributed by atoms with E-state index in [-0.39, 0.29) is 67.0 Å². The lowest BCUT2D eigenvalue weighted by Crippen LogP contribution is -2.50. The highest BCUT2D eigenvalue weighted by atomic mass is 35.5. The van der Waals surface area contributed by atoms with Crippen molar-refractivity contribution in [3.05, 3.63) is 64.2 Å². The zero-order valence-electron chi connectivity index (χ0n) is 41.0. The van der Waals surface area contributed by atoms with Gasteiger partial charge in [-0.15, -0.1) is 0 Å². The molecule has 4 aliphatic heterocycles. The summed E-state index contributed by atoms with van der Waals surface area (Å²) in [5.74, 6) is -0.0588. The second kappa shape index (κ2) is 25.0. The number of aliphatic hydroxyl groups is 1. The molecule has 2 aromatic carbocycles. The minimum absolute atomic E-state index is 0.00833. The van der Waals surface area contributed by atoms with E-state index < -0.39 is 23.7 Å². The third-order valence-electron chi connectivity index (χ3n) is 13.9. The molecule has 4 aliphatic rings. The minimum Gasteiger partial charge on any atom is -0.382 e. The predicted octanol–water partition coefficient (Wildman–Crippen LogP) is 2.62. The summed E-state index contributed by atoms with van der Waals surface area (Å²) in [6, 6.07) is 9.87. The second-order valence-corrected chi connectivity index (χ2v) is 20.0. The number of nitrogens with one attached hydrogen (secondary N) is 3. The van der Waals surface area contributed by atoms with Gasteiger partial charge in [-0.05, 0) is 50.8 Å². The molecule has 4 aromatic rings. The van der Waals surface area contributed by atoms with Gasteiger partial charge in [0.1, 0.15) is 23.1 Å². The maximum absolute atomic E-state index is 13.4. The Hall–Kier alpha value is -5.66. The number of halogens is 1. The van der Waals surface area contributed by atoms with Crippen molar-refractivity contribution in [2.24, 2.45) is 11.1 Å². The number of aliphatic hydroxyl groups excluding tert-OH is 1. The Kier molecular flexibility index (Phi) is 18.4. The summed E-state index contributed by atoms with van der Waals surface area (Å²) in [6.45, 7) is 8.14. The van der Waals surface area contributed by atoms with E-state index in [1.165, 1.54) is 16.4 Å². The molecule has 8 N–H and O–H groups in total. The Balaban J connectivity index is 0.656. The molecule has 4 fully saturated rings. The molecule has 0 aliphatic carbocycles. The number of piperidine rings is 2. The van der Waals surface area contributed by atoms with Crippen molar-refractivity contribution in [3.63, 3.8) is 0 Å². The van der Waals surface area contributed by atoms with Crippen LogP contribution in [0.25, 0.3) is 10.8 Å². The number of benzene rings is 2. The van der Waals surface area contributed by atoms with Crippen molar-refractivity contribution < 1.29 is 43.2 Å². The van der Waals surface area contributed by atoms with Crippen LogP contribution < -0.4 is 37.9 Å². The highest BCUT2D eigenvalue weighted by Crippen LogP contribution is 2.43. The summed E-state index contributed by atoms with van der Waals surface area (Å²) in [5.41, 5.74) is 13.5. The summed E-state index contributed by atoms with van der Waals surface area (Å²) in [4.78, 5) is 80.2. The number of nitrogens with zero attached hydrogens (tertiary/aromatic N) is 7. The Bertz CT molecular complexity index is 2650. The lowest BCUT2D eigenvalue weighted by atomic mass is 9.73. The molecule has 24 heteroatoms. The number of hydrogen-bond donors (Lipinski definition) is 6. The number of carbonyl (C=O) groups excluding carboxylic acids is 4. The summed E-state index contributed by atoms with van der Waals surface area (Å²) >= 11 is 8.00. The first-order valence-electron chi connectivity index (χ1n) is 24.8. The van der Waals surface area contributed by atoms with Crippen LogP contribution in [0, 0.1) is 5.41 Å². The lowest BCUT2D eigenvalue weighted by Gasteiger charge is -2.41. The SMILES string of the molecule is C[C@@H]1OCC2(CCN(c3cnc(Sc4cccc(NC(=O)CCC(=O)N5CCN(C(=O)CCOCCOCCOCCNc6cccc7cnn(C8CCC(O)NC8=O)c(=O)c67)CC5)c4Cl)c(N)n3)CC2)[C@@H]1N. The Morgan fingerprint density at radius 2 is 1.56 bits per heavy atom. The number of piperazine rings is 1. The van der Waals surface area contributed by atoms with Crippen LogP contribution in [-0.4, -0.2) is 169 Å². The Labute approximate surface area is 432 Å². The predicted molar refractivity (Wildman–Crippen MR) is 274 cm³/mol. The number of anilines is 4. The van der Waals surface area contributed by atoms with Crippen LogP contribution in [-0.2, 0) is 38.1 Å². The molecule has 0 saturated carbocycles. The molecular weight excluding hydrogens is 984 g/mol. The van der Waals surface area contributed by atoms with Gasteiger partial charge in [-0.1, -0.05) is 41.6 Å². The zero-order valence-corrected chi connectivity index (χ0v) is 42.5. The van der Waals surface area contributed by atoms with Gasteiger partial charge in [0.25, 0.3) is 5.56 Å². The third-order valence-corrected chi connectivity index (χ3v) is 15.5. The molecule has 8 rings (SSSR count). The fourth-order valence-corrected chi connectivity index (χ4v) is 10.7. The van der Waals surface area contributed by atoms with E-state index in [4.69, 9.17) is 42.0 Å². The van der Waals surface area contributed by atoms with Crippen molar-refractivity contribution in [1.82, 2.24) is 34.9 Å². The minimum atomic E-state index is -0.929. The molecule has 73 heavy (non-hydrogen) atoms. The molecule has 4 amide bonds. The van der Waals surface area contributed by atoms with Crippen LogP contribution in [0.4, 0.5) is 23.0 Å². The van der Waals surface area contributed by atoms with Crippen LogP contribution >= 0.6 is 23.4 Å². The molecule has 0 bridgehead atoms. The van der Waals surface area contributed by atoms with E-state index in [0.717, 1.165) is 25.9 Å². The number of ether oxygens (including phenoxy) is 4.